The molecule has 0 aromatic carbocycles. The first-order chi connectivity index (χ1) is 8.15. The van der Waals surface area contributed by atoms with Gasteiger partial charge in [-0.2, -0.15) is 5.10 Å². The number of rotatable bonds is 2. The molecule has 0 amide bonds. The van der Waals surface area contributed by atoms with Crippen LogP contribution in [0.4, 0.5) is 0 Å². The van der Waals surface area contributed by atoms with Crippen molar-refractivity contribution in [1.29, 1.82) is 0 Å². The molecule has 1 aromatic rings. The van der Waals surface area contributed by atoms with Crippen molar-refractivity contribution >= 4 is 11.6 Å². The first kappa shape index (κ1) is 11.5. The molecule has 2 heterocycles. The van der Waals surface area contributed by atoms with Crippen molar-refractivity contribution in [2.45, 2.75) is 32.7 Å². The Balaban J connectivity index is 1.71. The molecule has 3 rings (SSSR count). The molecule has 0 bridgehead atoms. The number of halogens is 1. The van der Waals surface area contributed by atoms with Gasteiger partial charge in [0.25, 0.3) is 0 Å². The van der Waals surface area contributed by atoms with E-state index >= 15 is 0 Å². The summed E-state index contributed by atoms with van der Waals surface area (Å²) in [5.74, 6) is 1.90. The molecule has 1 aliphatic carbocycles. The van der Waals surface area contributed by atoms with Crippen molar-refractivity contribution in [1.82, 2.24) is 14.7 Å². The van der Waals surface area contributed by atoms with Gasteiger partial charge in [-0.3, -0.25) is 9.58 Å². The summed E-state index contributed by atoms with van der Waals surface area (Å²) in [6, 6.07) is 0. The molecule has 2 aliphatic rings. The third-order valence-corrected chi connectivity index (χ3v) is 4.93. The predicted octanol–water partition coefficient (Wildman–Crippen LogP) is 2.61. The van der Waals surface area contributed by atoms with Crippen LogP contribution in [0.3, 0.4) is 0 Å². The van der Waals surface area contributed by atoms with Gasteiger partial charge in [0, 0.05) is 32.2 Å². The Morgan fingerprint density at radius 2 is 1.94 bits per heavy atom. The topological polar surface area (TPSA) is 21.1 Å². The second-order valence-corrected chi connectivity index (χ2v) is 5.98. The lowest BCUT2D eigenvalue weighted by Crippen LogP contribution is -2.21. The van der Waals surface area contributed by atoms with E-state index in [1.165, 1.54) is 37.9 Å². The van der Waals surface area contributed by atoms with Crippen molar-refractivity contribution in [2.75, 3.05) is 13.1 Å². The smallest absolute Gasteiger partial charge is 0.131 e. The third-order valence-electron chi connectivity index (χ3n) is 4.45. The summed E-state index contributed by atoms with van der Waals surface area (Å²) in [5.41, 5.74) is 2.30. The van der Waals surface area contributed by atoms with E-state index in [9.17, 15) is 0 Å². The Labute approximate surface area is 108 Å². The van der Waals surface area contributed by atoms with Gasteiger partial charge < -0.3 is 0 Å². The maximum absolute atomic E-state index is 6.29. The van der Waals surface area contributed by atoms with Crippen LogP contribution in [0.1, 0.15) is 30.5 Å². The highest BCUT2D eigenvalue weighted by Crippen LogP contribution is 2.38. The van der Waals surface area contributed by atoms with Crippen LogP contribution in [0, 0.1) is 18.8 Å². The molecule has 2 fully saturated rings. The van der Waals surface area contributed by atoms with Crippen LogP contribution in [-0.4, -0.2) is 27.8 Å². The van der Waals surface area contributed by atoms with Crippen LogP contribution in [0.5, 0.6) is 0 Å². The van der Waals surface area contributed by atoms with Gasteiger partial charge in [-0.25, -0.2) is 0 Å². The van der Waals surface area contributed by atoms with E-state index in [1.54, 1.807) is 4.68 Å². The summed E-state index contributed by atoms with van der Waals surface area (Å²) < 4.78 is 1.78. The number of likely N-dealkylation sites (tertiary alicyclic amines) is 1. The zero-order chi connectivity index (χ0) is 12.0. The van der Waals surface area contributed by atoms with Gasteiger partial charge in [-0.15, -0.1) is 0 Å². The molecular weight excluding hydrogens is 234 g/mol. The van der Waals surface area contributed by atoms with E-state index < -0.39 is 0 Å². The monoisotopic (exact) mass is 253 g/mol. The SMILES string of the molecule is Cc1nn(C)c(Cl)c1CN1CC2CCCC2C1. The van der Waals surface area contributed by atoms with Crippen LogP contribution < -0.4 is 0 Å². The maximum Gasteiger partial charge on any atom is 0.131 e. The standard InChI is InChI=1S/C13H20ClN3/c1-9-12(13(14)16(2)15-9)8-17-6-10-4-3-5-11(10)7-17/h10-11H,3-8H2,1-2H3. The van der Waals surface area contributed by atoms with Gasteiger partial charge in [0.05, 0.1) is 5.69 Å². The molecule has 0 spiro atoms. The largest absolute Gasteiger partial charge is 0.298 e. The molecule has 1 saturated carbocycles. The van der Waals surface area contributed by atoms with Crippen molar-refractivity contribution < 1.29 is 0 Å². The van der Waals surface area contributed by atoms with Crippen molar-refractivity contribution in [2.24, 2.45) is 18.9 Å². The van der Waals surface area contributed by atoms with E-state index in [0.29, 0.717) is 0 Å². The number of hydrogen-bond donors (Lipinski definition) is 0. The van der Waals surface area contributed by atoms with Gasteiger partial charge in [-0.05, 0) is 31.6 Å². The molecule has 2 atom stereocenters. The van der Waals surface area contributed by atoms with Crippen LogP contribution in [0.2, 0.25) is 5.15 Å². The van der Waals surface area contributed by atoms with Gasteiger partial charge in [0.2, 0.25) is 0 Å². The minimum Gasteiger partial charge on any atom is -0.298 e. The molecule has 2 unspecified atom stereocenters. The van der Waals surface area contributed by atoms with E-state index in [0.717, 1.165) is 29.2 Å². The average molecular weight is 254 g/mol. The van der Waals surface area contributed by atoms with E-state index in [1.807, 2.05) is 7.05 Å². The quantitative estimate of drug-likeness (QED) is 0.808. The van der Waals surface area contributed by atoms with Crippen LogP contribution in [0.15, 0.2) is 0 Å². The zero-order valence-electron chi connectivity index (χ0n) is 10.6. The zero-order valence-corrected chi connectivity index (χ0v) is 11.4. The summed E-state index contributed by atoms with van der Waals surface area (Å²) in [6.45, 7) is 5.55. The summed E-state index contributed by atoms with van der Waals surface area (Å²) in [4.78, 5) is 2.56. The Bertz CT molecular complexity index is 415. The predicted molar refractivity (Wildman–Crippen MR) is 69.1 cm³/mol. The van der Waals surface area contributed by atoms with E-state index in [4.69, 9.17) is 11.6 Å². The first-order valence-electron chi connectivity index (χ1n) is 6.55. The molecule has 1 aliphatic heterocycles. The number of aryl methyl sites for hydroxylation is 2. The lowest BCUT2D eigenvalue weighted by atomic mass is 10.0. The number of aromatic nitrogens is 2. The lowest BCUT2D eigenvalue weighted by molar-refractivity contribution is 0.303. The van der Waals surface area contributed by atoms with Gasteiger partial charge in [0.1, 0.15) is 5.15 Å². The Morgan fingerprint density at radius 1 is 1.29 bits per heavy atom. The fourth-order valence-electron chi connectivity index (χ4n) is 3.54. The lowest BCUT2D eigenvalue weighted by Gasteiger charge is -2.16. The van der Waals surface area contributed by atoms with Crippen molar-refractivity contribution in [3.63, 3.8) is 0 Å². The molecule has 4 heteroatoms. The summed E-state index contributed by atoms with van der Waals surface area (Å²) in [6.07, 6.45) is 4.30. The van der Waals surface area contributed by atoms with Crippen LogP contribution in [-0.2, 0) is 13.6 Å². The molecule has 17 heavy (non-hydrogen) atoms. The molecule has 1 saturated heterocycles. The second-order valence-electron chi connectivity index (χ2n) is 5.62. The van der Waals surface area contributed by atoms with Gasteiger partial charge >= 0.3 is 0 Å². The first-order valence-corrected chi connectivity index (χ1v) is 6.93. The summed E-state index contributed by atoms with van der Waals surface area (Å²) in [5, 5.41) is 5.19. The van der Waals surface area contributed by atoms with E-state index in [-0.39, 0.29) is 0 Å². The minimum absolute atomic E-state index is 0.805. The highest BCUT2D eigenvalue weighted by molar-refractivity contribution is 6.30. The summed E-state index contributed by atoms with van der Waals surface area (Å²) >= 11 is 6.29. The van der Waals surface area contributed by atoms with Crippen LogP contribution in [0.25, 0.3) is 0 Å². The van der Waals surface area contributed by atoms with Crippen LogP contribution >= 0.6 is 11.6 Å². The molecule has 94 valence electrons. The Kier molecular flexibility index (Phi) is 2.91. The minimum atomic E-state index is 0.805. The molecule has 3 nitrogen and oxygen atoms in total. The third kappa shape index (κ3) is 2.00. The number of fused-ring (bicyclic) bond motifs is 1. The van der Waals surface area contributed by atoms with Gasteiger partial charge in [-0.1, -0.05) is 18.0 Å². The highest BCUT2D eigenvalue weighted by atomic mass is 35.5. The van der Waals surface area contributed by atoms with Crippen molar-refractivity contribution in [3.05, 3.63) is 16.4 Å². The number of hydrogen-bond acceptors (Lipinski definition) is 2. The number of nitrogens with zero attached hydrogens (tertiary/aromatic N) is 3. The normalized spacial score (nSPS) is 28.9. The average Bonchev–Trinajstić information content (AvgIpc) is 2.89. The Morgan fingerprint density at radius 3 is 2.47 bits per heavy atom. The fraction of sp³-hybridized carbons (Fsp3) is 0.769. The summed E-state index contributed by atoms with van der Waals surface area (Å²) in [7, 11) is 1.91. The second kappa shape index (κ2) is 4.29. The highest BCUT2D eigenvalue weighted by Gasteiger charge is 2.36. The molecule has 0 N–H and O–H groups in total. The maximum atomic E-state index is 6.29. The van der Waals surface area contributed by atoms with Crippen molar-refractivity contribution in [3.8, 4) is 0 Å². The molecular formula is C13H20ClN3. The molecule has 0 radical (unpaired) electrons. The Hall–Kier alpha value is -0.540. The van der Waals surface area contributed by atoms with E-state index in [2.05, 4.69) is 16.9 Å². The van der Waals surface area contributed by atoms with Gasteiger partial charge in [0.15, 0.2) is 0 Å². The fourth-order valence-corrected chi connectivity index (χ4v) is 3.77. The molecule has 1 aromatic heterocycles.